The molecule has 150 valence electrons. The number of carbonyl (C=O) groups excluding carboxylic acids is 1. The molecule has 0 N–H and O–H groups in total. The van der Waals surface area contributed by atoms with E-state index in [2.05, 4.69) is 4.98 Å². The number of aromatic nitrogens is 1. The summed E-state index contributed by atoms with van der Waals surface area (Å²) in [6.45, 7) is 0. The Morgan fingerprint density at radius 3 is 2.67 bits per heavy atom. The first kappa shape index (κ1) is 18.4. The zero-order valence-corrected chi connectivity index (χ0v) is 16.9. The first-order valence-electron chi connectivity index (χ1n) is 9.14. The number of fused-ring (bicyclic) bond motifs is 2. The third-order valence-corrected chi connectivity index (χ3v) is 5.91. The maximum Gasteiger partial charge on any atom is 0.297 e. The van der Waals surface area contributed by atoms with Gasteiger partial charge in [-0.25, -0.2) is 4.98 Å². The zero-order valence-electron chi connectivity index (χ0n) is 16.1. The highest BCUT2D eigenvalue weighted by Gasteiger charge is 2.45. The fourth-order valence-corrected chi connectivity index (χ4v) is 4.47. The molecule has 30 heavy (non-hydrogen) atoms. The van der Waals surface area contributed by atoms with E-state index in [1.165, 1.54) is 16.2 Å². The lowest BCUT2D eigenvalue weighted by Gasteiger charge is -2.24. The number of ether oxygens (including phenoxy) is 2. The van der Waals surface area contributed by atoms with Crippen LogP contribution in [0.15, 0.2) is 63.3 Å². The van der Waals surface area contributed by atoms with Gasteiger partial charge in [-0.2, -0.15) is 0 Å². The molecule has 7 nitrogen and oxygen atoms in total. The molecule has 0 bridgehead atoms. The molecular weight excluding hydrogens is 404 g/mol. The van der Waals surface area contributed by atoms with E-state index in [4.69, 9.17) is 13.9 Å². The van der Waals surface area contributed by atoms with Crippen molar-refractivity contribution in [3.63, 3.8) is 0 Å². The molecule has 3 heterocycles. The Morgan fingerprint density at radius 1 is 1.10 bits per heavy atom. The minimum absolute atomic E-state index is 0.0174. The molecule has 8 heteroatoms. The molecule has 4 aromatic rings. The number of para-hydroxylation sites is 1. The largest absolute Gasteiger partial charge is 0.497 e. The molecule has 0 saturated carbocycles. The first-order valence-corrected chi connectivity index (χ1v) is 10.0. The maximum atomic E-state index is 13.5. The van der Waals surface area contributed by atoms with Crippen LogP contribution in [-0.4, -0.2) is 25.1 Å². The van der Waals surface area contributed by atoms with Gasteiger partial charge in [-0.3, -0.25) is 14.5 Å². The van der Waals surface area contributed by atoms with Crippen LogP contribution in [0.2, 0.25) is 0 Å². The summed E-state index contributed by atoms with van der Waals surface area (Å²) < 4.78 is 16.9. The van der Waals surface area contributed by atoms with Crippen LogP contribution in [0.5, 0.6) is 11.5 Å². The van der Waals surface area contributed by atoms with Gasteiger partial charge in [0.05, 0.1) is 25.2 Å². The summed E-state index contributed by atoms with van der Waals surface area (Å²) in [7, 11) is 3.10. The SMILES string of the molecule is COc1ccc(OC)c(C2c3c(oc4ccccc4c3=O)C(=O)N2c2nccs2)c1. The normalized spacial score (nSPS) is 15.5. The third-order valence-electron chi connectivity index (χ3n) is 5.13. The summed E-state index contributed by atoms with van der Waals surface area (Å²) in [5.41, 5.74) is 0.989. The number of rotatable bonds is 4. The van der Waals surface area contributed by atoms with Gasteiger partial charge in [0.15, 0.2) is 10.6 Å². The average Bonchev–Trinajstić information content (AvgIpc) is 3.40. The number of thiazole rings is 1. The molecule has 0 aliphatic carbocycles. The lowest BCUT2D eigenvalue weighted by molar-refractivity contribution is 0.0970. The number of benzene rings is 2. The summed E-state index contributed by atoms with van der Waals surface area (Å²) in [6.07, 6.45) is 1.61. The van der Waals surface area contributed by atoms with Crippen molar-refractivity contribution < 1.29 is 18.7 Å². The molecular formula is C22H16N2O5S. The Bertz CT molecular complexity index is 1330. The van der Waals surface area contributed by atoms with Crippen LogP contribution in [0.3, 0.4) is 0 Å². The van der Waals surface area contributed by atoms with Crippen molar-refractivity contribution in [2.75, 3.05) is 19.1 Å². The van der Waals surface area contributed by atoms with Crippen molar-refractivity contribution in [1.29, 1.82) is 0 Å². The summed E-state index contributed by atoms with van der Waals surface area (Å²) in [5.74, 6) is 0.702. The Hall–Kier alpha value is -3.65. The molecule has 1 atom stereocenters. The molecule has 2 aromatic carbocycles. The van der Waals surface area contributed by atoms with Gasteiger partial charge in [0.1, 0.15) is 23.1 Å². The van der Waals surface area contributed by atoms with Gasteiger partial charge in [0, 0.05) is 17.1 Å². The van der Waals surface area contributed by atoms with Gasteiger partial charge >= 0.3 is 0 Å². The van der Waals surface area contributed by atoms with Crippen LogP contribution in [0.4, 0.5) is 5.13 Å². The summed E-state index contributed by atoms with van der Waals surface area (Å²) in [4.78, 5) is 32.7. The third kappa shape index (κ3) is 2.61. The predicted octanol–water partition coefficient (Wildman–Crippen LogP) is 4.02. The van der Waals surface area contributed by atoms with E-state index in [1.54, 1.807) is 68.3 Å². The maximum absolute atomic E-state index is 13.5. The van der Waals surface area contributed by atoms with Crippen molar-refractivity contribution in [3.05, 3.63) is 81.2 Å². The lowest BCUT2D eigenvalue weighted by Crippen LogP contribution is -2.29. The van der Waals surface area contributed by atoms with Gasteiger partial charge in [-0.15, -0.1) is 11.3 Å². The Labute approximate surface area is 175 Å². The Kier molecular flexibility index (Phi) is 4.29. The fourth-order valence-electron chi connectivity index (χ4n) is 3.80. The van der Waals surface area contributed by atoms with E-state index in [1.807, 2.05) is 0 Å². The molecule has 1 unspecified atom stereocenters. The number of nitrogens with zero attached hydrogens (tertiary/aromatic N) is 2. The minimum atomic E-state index is -0.760. The Balaban J connectivity index is 1.86. The molecule has 0 spiro atoms. The number of anilines is 1. The highest BCUT2D eigenvalue weighted by molar-refractivity contribution is 7.13. The topological polar surface area (TPSA) is 81.9 Å². The Morgan fingerprint density at radius 2 is 1.93 bits per heavy atom. The monoisotopic (exact) mass is 420 g/mol. The van der Waals surface area contributed by atoms with E-state index in [0.717, 1.165) is 0 Å². The van der Waals surface area contributed by atoms with Gasteiger partial charge in [-0.05, 0) is 30.3 Å². The molecule has 5 rings (SSSR count). The molecule has 0 fully saturated rings. The summed E-state index contributed by atoms with van der Waals surface area (Å²) >= 11 is 1.30. The standard InChI is InChI=1S/C22H16N2O5S/c1-27-12-7-8-15(28-2)14(11-12)18-17-19(25)13-5-3-4-6-16(13)29-20(17)21(26)24(18)22-23-9-10-30-22/h3-11,18H,1-2H3. The average molecular weight is 420 g/mol. The molecule has 1 amide bonds. The van der Waals surface area contributed by atoms with Gasteiger partial charge in [0.2, 0.25) is 5.76 Å². The van der Waals surface area contributed by atoms with Crippen LogP contribution in [0.25, 0.3) is 11.0 Å². The predicted molar refractivity (Wildman–Crippen MR) is 113 cm³/mol. The molecule has 1 aliphatic rings. The van der Waals surface area contributed by atoms with Crippen LogP contribution < -0.4 is 19.8 Å². The van der Waals surface area contributed by atoms with Crippen LogP contribution >= 0.6 is 11.3 Å². The highest BCUT2D eigenvalue weighted by Crippen LogP contribution is 2.45. The van der Waals surface area contributed by atoms with Crippen molar-refractivity contribution in [2.24, 2.45) is 0 Å². The van der Waals surface area contributed by atoms with E-state index in [9.17, 15) is 9.59 Å². The van der Waals surface area contributed by atoms with Crippen LogP contribution in [0.1, 0.15) is 27.7 Å². The number of hydrogen-bond acceptors (Lipinski definition) is 7. The highest BCUT2D eigenvalue weighted by atomic mass is 32.1. The lowest BCUT2D eigenvalue weighted by atomic mass is 9.97. The van der Waals surface area contributed by atoms with E-state index < -0.39 is 11.9 Å². The van der Waals surface area contributed by atoms with Gasteiger partial charge in [-0.1, -0.05) is 12.1 Å². The van der Waals surface area contributed by atoms with Crippen molar-refractivity contribution in [2.45, 2.75) is 6.04 Å². The van der Waals surface area contributed by atoms with Gasteiger partial charge < -0.3 is 13.9 Å². The second kappa shape index (κ2) is 7.00. The smallest absolute Gasteiger partial charge is 0.297 e. The van der Waals surface area contributed by atoms with Gasteiger partial charge in [0.25, 0.3) is 5.91 Å². The zero-order chi connectivity index (χ0) is 20.8. The summed E-state index contributed by atoms with van der Waals surface area (Å²) in [5, 5.41) is 2.65. The number of hydrogen-bond donors (Lipinski definition) is 0. The van der Waals surface area contributed by atoms with Crippen molar-refractivity contribution >= 4 is 33.3 Å². The number of methoxy groups -OCH3 is 2. The van der Waals surface area contributed by atoms with Crippen molar-refractivity contribution in [1.82, 2.24) is 4.98 Å². The van der Waals surface area contributed by atoms with Crippen molar-refractivity contribution in [3.8, 4) is 11.5 Å². The minimum Gasteiger partial charge on any atom is -0.497 e. The first-order chi connectivity index (χ1) is 14.6. The second-order valence-corrected chi connectivity index (χ2v) is 7.54. The molecule has 0 radical (unpaired) electrons. The summed E-state index contributed by atoms with van der Waals surface area (Å²) in [6, 6.07) is 11.4. The number of carbonyl (C=O) groups is 1. The quantitative estimate of drug-likeness (QED) is 0.496. The number of amides is 1. The molecule has 1 aliphatic heterocycles. The van der Waals surface area contributed by atoms with Crippen LogP contribution in [-0.2, 0) is 0 Å². The second-order valence-electron chi connectivity index (χ2n) is 6.67. The van der Waals surface area contributed by atoms with E-state index >= 15 is 0 Å². The molecule has 2 aromatic heterocycles. The van der Waals surface area contributed by atoms with Crippen LogP contribution in [0, 0.1) is 0 Å². The molecule has 0 saturated heterocycles. The van der Waals surface area contributed by atoms with E-state index in [0.29, 0.717) is 33.2 Å². The van der Waals surface area contributed by atoms with E-state index in [-0.39, 0.29) is 16.8 Å². The fraction of sp³-hybridized carbons (Fsp3) is 0.136.